The van der Waals surface area contributed by atoms with E-state index in [1.54, 1.807) is 19.2 Å². The minimum absolute atomic E-state index is 0. The van der Waals surface area contributed by atoms with Gasteiger partial charge in [-0.3, -0.25) is 4.79 Å². The predicted octanol–water partition coefficient (Wildman–Crippen LogP) is 0.959. The van der Waals surface area contributed by atoms with E-state index in [2.05, 4.69) is 4.98 Å². The molecule has 0 unspecified atom stereocenters. The zero-order valence-corrected chi connectivity index (χ0v) is 11.1. The third-order valence-corrected chi connectivity index (χ3v) is 2.25. The van der Waals surface area contributed by atoms with Crippen LogP contribution in [0.3, 0.4) is 0 Å². The summed E-state index contributed by atoms with van der Waals surface area (Å²) in [5, 5.41) is 8.64. The first-order valence-electron chi connectivity index (χ1n) is 4.41. The molecule has 16 heavy (non-hydrogen) atoms. The van der Waals surface area contributed by atoms with Crippen molar-refractivity contribution in [3.05, 3.63) is 29.8 Å². The van der Waals surface area contributed by atoms with E-state index in [0.717, 1.165) is 0 Å². The number of imidazole rings is 1. The maximum Gasteiger partial charge on any atom is 0.311 e. The summed E-state index contributed by atoms with van der Waals surface area (Å²) >= 11 is 0. The zero-order chi connectivity index (χ0) is 11.0. The van der Waals surface area contributed by atoms with E-state index in [4.69, 9.17) is 5.11 Å². The molecule has 1 aromatic carbocycles. The average molecular weight is 231 g/mol. The molecule has 0 amide bonds. The molecule has 0 fully saturated rings. The first-order chi connectivity index (χ1) is 7.09. The standard InChI is InChI=1S/C10H9FN2O2.Na/c1-13-8(5-9(14)15)12-7-4-2-3-6(11)10(7)13;/h2-4H,5H2,1H3,(H,14,15);. The van der Waals surface area contributed by atoms with Gasteiger partial charge in [0.25, 0.3) is 0 Å². The van der Waals surface area contributed by atoms with Crippen LogP contribution in [0.5, 0.6) is 0 Å². The van der Waals surface area contributed by atoms with Gasteiger partial charge in [0.2, 0.25) is 0 Å². The fourth-order valence-corrected chi connectivity index (χ4v) is 1.56. The maximum absolute atomic E-state index is 13.4. The van der Waals surface area contributed by atoms with Crippen LogP contribution in [0.25, 0.3) is 11.0 Å². The molecular formula is C10H9FN2NaO2. The Kier molecular flexibility index (Phi) is 4.07. The molecule has 1 aromatic heterocycles. The molecule has 1 heterocycles. The van der Waals surface area contributed by atoms with Crippen LogP contribution in [-0.2, 0) is 18.3 Å². The number of carbonyl (C=O) groups is 1. The summed E-state index contributed by atoms with van der Waals surface area (Å²) in [6.45, 7) is 0. The second-order valence-corrected chi connectivity index (χ2v) is 3.27. The fourth-order valence-electron chi connectivity index (χ4n) is 1.56. The molecule has 2 aromatic rings. The van der Waals surface area contributed by atoms with E-state index in [9.17, 15) is 9.18 Å². The minimum atomic E-state index is -0.978. The molecule has 1 radical (unpaired) electrons. The van der Waals surface area contributed by atoms with Crippen LogP contribution in [0.4, 0.5) is 4.39 Å². The number of hydrogen-bond donors (Lipinski definition) is 1. The first-order valence-corrected chi connectivity index (χ1v) is 4.41. The van der Waals surface area contributed by atoms with E-state index in [1.165, 1.54) is 10.6 Å². The molecule has 1 N–H and O–H groups in total. The molecule has 2 rings (SSSR count). The van der Waals surface area contributed by atoms with Crippen molar-refractivity contribution in [2.24, 2.45) is 7.05 Å². The first kappa shape index (κ1) is 13.2. The van der Waals surface area contributed by atoms with Crippen molar-refractivity contribution >= 4 is 46.6 Å². The SMILES string of the molecule is Cn1c(CC(=O)O)nc2cccc(F)c21.[Na]. The molecule has 0 aliphatic carbocycles. The van der Waals surface area contributed by atoms with Crippen LogP contribution in [0.1, 0.15) is 5.82 Å². The Bertz CT molecular complexity index is 539. The van der Waals surface area contributed by atoms with Crippen LogP contribution < -0.4 is 0 Å². The van der Waals surface area contributed by atoms with Gasteiger partial charge in [-0.25, -0.2) is 9.37 Å². The molecule has 0 bridgehead atoms. The van der Waals surface area contributed by atoms with Gasteiger partial charge in [-0.2, -0.15) is 0 Å². The van der Waals surface area contributed by atoms with Gasteiger partial charge < -0.3 is 9.67 Å². The number of nitrogens with zero attached hydrogens (tertiary/aromatic N) is 2. The number of rotatable bonds is 2. The number of halogens is 1. The summed E-state index contributed by atoms with van der Waals surface area (Å²) in [5.74, 6) is -1.02. The van der Waals surface area contributed by atoms with E-state index in [-0.39, 0.29) is 41.8 Å². The minimum Gasteiger partial charge on any atom is -0.481 e. The molecule has 0 spiro atoms. The number of hydrogen-bond acceptors (Lipinski definition) is 2. The smallest absolute Gasteiger partial charge is 0.311 e. The monoisotopic (exact) mass is 231 g/mol. The Morgan fingerprint density at radius 3 is 2.81 bits per heavy atom. The molecule has 6 heteroatoms. The fraction of sp³-hybridized carbons (Fsp3) is 0.200. The molecular weight excluding hydrogens is 222 g/mol. The Morgan fingerprint density at radius 1 is 1.56 bits per heavy atom. The summed E-state index contributed by atoms with van der Waals surface area (Å²) in [6.07, 6.45) is -0.204. The molecule has 4 nitrogen and oxygen atoms in total. The topological polar surface area (TPSA) is 55.1 Å². The van der Waals surface area contributed by atoms with Gasteiger partial charge in [0.15, 0.2) is 0 Å². The maximum atomic E-state index is 13.4. The number of carboxylic acid groups (broad SMARTS) is 1. The number of carboxylic acids is 1. The summed E-state index contributed by atoms with van der Waals surface area (Å²) in [5.41, 5.74) is 0.822. The van der Waals surface area contributed by atoms with Gasteiger partial charge in [0.05, 0.1) is 5.52 Å². The Balaban J connectivity index is 0.00000128. The van der Waals surface area contributed by atoms with Gasteiger partial charge in [-0.05, 0) is 12.1 Å². The van der Waals surface area contributed by atoms with Gasteiger partial charge in [-0.1, -0.05) is 6.07 Å². The molecule has 0 saturated carbocycles. The second-order valence-electron chi connectivity index (χ2n) is 3.27. The normalized spacial score (nSPS) is 10.1. The predicted molar refractivity (Wildman–Crippen MR) is 57.8 cm³/mol. The van der Waals surface area contributed by atoms with Crippen LogP contribution in [-0.4, -0.2) is 50.2 Å². The summed E-state index contributed by atoms with van der Waals surface area (Å²) in [4.78, 5) is 14.6. The van der Waals surface area contributed by atoms with E-state index < -0.39 is 5.97 Å². The number of fused-ring (bicyclic) bond motifs is 1. The van der Waals surface area contributed by atoms with Crippen molar-refractivity contribution in [1.82, 2.24) is 9.55 Å². The molecule has 0 aliphatic rings. The van der Waals surface area contributed by atoms with E-state index in [1.807, 2.05) is 0 Å². The molecule has 0 saturated heterocycles. The summed E-state index contributed by atoms with van der Waals surface area (Å²) in [7, 11) is 1.61. The van der Waals surface area contributed by atoms with Crippen LogP contribution in [0, 0.1) is 5.82 Å². The Hall–Kier alpha value is -0.910. The quantitative estimate of drug-likeness (QED) is 0.783. The van der Waals surface area contributed by atoms with Crippen molar-refractivity contribution in [3.63, 3.8) is 0 Å². The van der Waals surface area contributed by atoms with Crippen molar-refractivity contribution in [3.8, 4) is 0 Å². The average Bonchev–Trinajstić information content (AvgIpc) is 2.44. The third-order valence-electron chi connectivity index (χ3n) is 2.25. The summed E-state index contributed by atoms with van der Waals surface area (Å²) in [6, 6.07) is 4.54. The number of para-hydroxylation sites is 1. The number of aliphatic carboxylic acids is 1. The second kappa shape index (κ2) is 4.95. The summed E-state index contributed by atoms with van der Waals surface area (Å²) < 4.78 is 14.9. The van der Waals surface area contributed by atoms with Crippen molar-refractivity contribution in [1.29, 1.82) is 0 Å². The Labute approximate surface area is 113 Å². The van der Waals surface area contributed by atoms with Crippen LogP contribution >= 0.6 is 0 Å². The van der Waals surface area contributed by atoms with Gasteiger partial charge in [0.1, 0.15) is 23.6 Å². The van der Waals surface area contributed by atoms with E-state index >= 15 is 0 Å². The Morgan fingerprint density at radius 2 is 2.25 bits per heavy atom. The molecule has 0 aliphatic heterocycles. The van der Waals surface area contributed by atoms with Gasteiger partial charge in [0, 0.05) is 36.6 Å². The van der Waals surface area contributed by atoms with Gasteiger partial charge >= 0.3 is 5.97 Å². The third kappa shape index (κ3) is 2.26. The number of benzene rings is 1. The van der Waals surface area contributed by atoms with Crippen molar-refractivity contribution in [2.75, 3.05) is 0 Å². The van der Waals surface area contributed by atoms with E-state index in [0.29, 0.717) is 16.9 Å². The van der Waals surface area contributed by atoms with Crippen LogP contribution in [0.15, 0.2) is 18.2 Å². The molecule has 79 valence electrons. The molecule has 0 atom stereocenters. The van der Waals surface area contributed by atoms with Gasteiger partial charge in [-0.15, -0.1) is 0 Å². The largest absolute Gasteiger partial charge is 0.481 e. The van der Waals surface area contributed by atoms with Crippen molar-refractivity contribution < 1.29 is 14.3 Å². The zero-order valence-electron chi connectivity index (χ0n) is 9.07. The number of aromatic nitrogens is 2. The number of aryl methyl sites for hydroxylation is 1. The van der Waals surface area contributed by atoms with Crippen molar-refractivity contribution in [2.45, 2.75) is 6.42 Å². The van der Waals surface area contributed by atoms with Crippen LogP contribution in [0.2, 0.25) is 0 Å².